The van der Waals surface area contributed by atoms with Gasteiger partial charge < -0.3 is 15.3 Å². The van der Waals surface area contributed by atoms with Crippen LogP contribution in [0.3, 0.4) is 0 Å². The van der Waals surface area contributed by atoms with Crippen molar-refractivity contribution in [2.24, 2.45) is 0 Å². The van der Waals surface area contributed by atoms with Crippen LogP contribution in [0.25, 0.3) is 0 Å². The van der Waals surface area contributed by atoms with Crippen LogP contribution in [-0.4, -0.2) is 42.4 Å². The Labute approximate surface area is 191 Å². The van der Waals surface area contributed by atoms with Gasteiger partial charge in [-0.1, -0.05) is 25.2 Å². The van der Waals surface area contributed by atoms with E-state index in [2.05, 4.69) is 37.1 Å². The van der Waals surface area contributed by atoms with Gasteiger partial charge in [-0.2, -0.15) is 10.1 Å². The smallest absolute Gasteiger partial charge is 0.224 e. The monoisotopic (exact) mass is 449 g/mol. The van der Waals surface area contributed by atoms with Crippen molar-refractivity contribution in [2.45, 2.75) is 63.6 Å². The molecule has 32 heavy (non-hydrogen) atoms. The molecule has 1 aliphatic carbocycles. The van der Waals surface area contributed by atoms with E-state index in [-0.39, 0.29) is 0 Å². The molecule has 2 N–H and O–H groups in total. The summed E-state index contributed by atoms with van der Waals surface area (Å²) in [5.74, 6) is 8.45. The van der Waals surface area contributed by atoms with Crippen molar-refractivity contribution in [1.82, 2.24) is 24.7 Å². The fourth-order valence-electron chi connectivity index (χ4n) is 4.28. The molecule has 0 spiro atoms. The summed E-state index contributed by atoms with van der Waals surface area (Å²) in [6, 6.07) is 4.35. The minimum absolute atomic E-state index is 0.457. The van der Waals surface area contributed by atoms with Crippen molar-refractivity contribution in [1.29, 1.82) is 0 Å². The molecule has 2 aliphatic rings. The predicted octanol–water partition coefficient (Wildman–Crippen LogP) is 3.68. The first-order valence-electron chi connectivity index (χ1n) is 11.2. The van der Waals surface area contributed by atoms with Gasteiger partial charge in [-0.3, -0.25) is 0 Å². The highest BCUT2D eigenvalue weighted by Gasteiger charge is 2.25. The second-order valence-corrected chi connectivity index (χ2v) is 9.39. The van der Waals surface area contributed by atoms with E-state index in [1.54, 1.807) is 13.1 Å². The zero-order valence-corrected chi connectivity index (χ0v) is 19.0. The van der Waals surface area contributed by atoms with Crippen molar-refractivity contribution in [3.8, 4) is 11.8 Å². The lowest BCUT2D eigenvalue weighted by Crippen LogP contribution is -2.29. The first kappa shape index (κ1) is 20.9. The first-order valence-corrected chi connectivity index (χ1v) is 12.1. The molecule has 0 amide bonds. The second kappa shape index (κ2) is 8.88. The minimum Gasteiger partial charge on any atom is -0.371 e. The highest BCUT2D eigenvalue weighted by Crippen LogP contribution is 2.30. The third-order valence-corrected chi connectivity index (χ3v) is 6.91. The summed E-state index contributed by atoms with van der Waals surface area (Å²) in [5.41, 5.74) is -0.678. The van der Waals surface area contributed by atoms with Gasteiger partial charge in [0.25, 0.3) is 0 Å². The topological polar surface area (TPSA) is 92.0 Å². The molecule has 1 atom stereocenters. The molecule has 9 heteroatoms. The van der Waals surface area contributed by atoms with E-state index in [0.717, 1.165) is 31.1 Å². The van der Waals surface area contributed by atoms with Crippen molar-refractivity contribution < 1.29 is 5.11 Å². The molecule has 4 heterocycles. The maximum Gasteiger partial charge on any atom is 0.224 e. The van der Waals surface area contributed by atoms with Crippen LogP contribution in [0.5, 0.6) is 0 Å². The van der Waals surface area contributed by atoms with Crippen LogP contribution in [0.1, 0.15) is 56.2 Å². The van der Waals surface area contributed by atoms with Gasteiger partial charge in [-0.05, 0) is 38.2 Å². The normalized spacial score (nSPS) is 18.4. The number of aromatic nitrogens is 5. The number of aliphatic hydroxyl groups is 1. The van der Waals surface area contributed by atoms with Gasteiger partial charge in [0.15, 0.2) is 5.60 Å². The Bertz CT molecular complexity index is 1120. The molecular formula is C23H27N7OS. The number of rotatable bonds is 4. The predicted molar refractivity (Wildman–Crippen MR) is 125 cm³/mol. The highest BCUT2D eigenvalue weighted by molar-refractivity contribution is 7.09. The maximum absolute atomic E-state index is 10.6. The van der Waals surface area contributed by atoms with Crippen LogP contribution in [0.4, 0.5) is 17.6 Å². The van der Waals surface area contributed by atoms with Crippen LogP contribution in [0.15, 0.2) is 29.9 Å². The molecule has 166 valence electrons. The van der Waals surface area contributed by atoms with E-state index < -0.39 is 5.60 Å². The standard InChI is InChI=1S/C23H27N7OS/c1-23(31,21-24-12-15-32-21)10-8-18-16-20-29(13-5-14-30(20)28-18)19-9-11-25-22(27-19)26-17-6-3-2-4-7-17/h9,11-12,15-17,31H,2-7,13-14H2,1H3,(H,25,26,27). The lowest BCUT2D eigenvalue weighted by molar-refractivity contribution is 0.122. The number of hydrogen-bond donors (Lipinski definition) is 2. The van der Waals surface area contributed by atoms with E-state index in [0.29, 0.717) is 22.7 Å². The maximum atomic E-state index is 10.6. The van der Waals surface area contributed by atoms with E-state index in [9.17, 15) is 5.11 Å². The average Bonchev–Trinajstić information content (AvgIpc) is 3.49. The van der Waals surface area contributed by atoms with E-state index in [1.807, 2.05) is 28.4 Å². The number of nitrogens with zero attached hydrogens (tertiary/aromatic N) is 6. The Morgan fingerprint density at radius 3 is 2.84 bits per heavy atom. The highest BCUT2D eigenvalue weighted by atomic mass is 32.1. The van der Waals surface area contributed by atoms with Gasteiger partial charge >= 0.3 is 0 Å². The molecule has 1 unspecified atom stereocenters. The van der Waals surface area contributed by atoms with Gasteiger partial charge in [0.05, 0.1) is 0 Å². The van der Waals surface area contributed by atoms with Crippen LogP contribution in [0.2, 0.25) is 0 Å². The fraction of sp³-hybridized carbons (Fsp3) is 0.478. The first-order chi connectivity index (χ1) is 15.6. The van der Waals surface area contributed by atoms with Crippen molar-refractivity contribution in [2.75, 3.05) is 16.8 Å². The third kappa shape index (κ3) is 4.47. The minimum atomic E-state index is -1.30. The van der Waals surface area contributed by atoms with E-state index in [4.69, 9.17) is 4.98 Å². The average molecular weight is 450 g/mol. The lowest BCUT2D eigenvalue weighted by atomic mass is 9.96. The van der Waals surface area contributed by atoms with Gasteiger partial charge in [0, 0.05) is 43.0 Å². The van der Waals surface area contributed by atoms with Gasteiger partial charge in [-0.15, -0.1) is 11.3 Å². The quantitative estimate of drug-likeness (QED) is 0.587. The third-order valence-electron chi connectivity index (χ3n) is 5.93. The van der Waals surface area contributed by atoms with Crippen LogP contribution in [0, 0.1) is 11.8 Å². The Morgan fingerprint density at radius 1 is 1.16 bits per heavy atom. The number of fused-ring (bicyclic) bond motifs is 1. The van der Waals surface area contributed by atoms with Crippen LogP contribution >= 0.6 is 11.3 Å². The Kier molecular flexibility index (Phi) is 5.81. The van der Waals surface area contributed by atoms with Crippen LogP contribution < -0.4 is 10.2 Å². The second-order valence-electron chi connectivity index (χ2n) is 8.49. The molecule has 0 aromatic carbocycles. The summed E-state index contributed by atoms with van der Waals surface area (Å²) in [4.78, 5) is 15.6. The summed E-state index contributed by atoms with van der Waals surface area (Å²) in [7, 11) is 0. The number of hydrogen-bond acceptors (Lipinski definition) is 8. The molecule has 3 aromatic heterocycles. The van der Waals surface area contributed by atoms with Crippen LogP contribution in [-0.2, 0) is 12.1 Å². The Morgan fingerprint density at radius 2 is 2.03 bits per heavy atom. The molecule has 3 aromatic rings. The number of nitrogens with one attached hydrogen (secondary N) is 1. The van der Waals surface area contributed by atoms with Crippen molar-refractivity contribution in [3.63, 3.8) is 0 Å². The van der Waals surface area contributed by atoms with E-state index in [1.165, 1.54) is 43.4 Å². The summed E-state index contributed by atoms with van der Waals surface area (Å²) in [5, 5.41) is 21.2. The molecule has 1 saturated carbocycles. The molecule has 0 radical (unpaired) electrons. The zero-order chi connectivity index (χ0) is 22.0. The van der Waals surface area contributed by atoms with E-state index >= 15 is 0 Å². The Hall–Kier alpha value is -2.96. The summed E-state index contributed by atoms with van der Waals surface area (Å²) in [6.45, 7) is 3.34. The molecule has 1 aliphatic heterocycles. The number of anilines is 3. The van der Waals surface area contributed by atoms with Gasteiger partial charge in [0.2, 0.25) is 5.95 Å². The van der Waals surface area contributed by atoms with Crippen molar-refractivity contribution >= 4 is 28.9 Å². The molecule has 8 nitrogen and oxygen atoms in total. The molecule has 0 bridgehead atoms. The van der Waals surface area contributed by atoms with Crippen molar-refractivity contribution in [3.05, 3.63) is 40.6 Å². The zero-order valence-electron chi connectivity index (χ0n) is 18.2. The fourth-order valence-corrected chi connectivity index (χ4v) is 4.93. The lowest BCUT2D eigenvalue weighted by Gasteiger charge is -2.29. The van der Waals surface area contributed by atoms with Gasteiger partial charge in [0.1, 0.15) is 22.3 Å². The molecule has 0 saturated heterocycles. The summed E-state index contributed by atoms with van der Waals surface area (Å²) < 4.78 is 1.96. The molecule has 5 rings (SSSR count). The Balaban J connectivity index is 1.37. The van der Waals surface area contributed by atoms with Gasteiger partial charge in [-0.25, -0.2) is 14.6 Å². The largest absolute Gasteiger partial charge is 0.371 e. The number of aryl methyl sites for hydroxylation is 1. The summed E-state index contributed by atoms with van der Waals surface area (Å²) >= 11 is 1.39. The number of thiazole rings is 1. The molecular weight excluding hydrogens is 422 g/mol. The summed E-state index contributed by atoms with van der Waals surface area (Å²) in [6.07, 6.45) is 10.7. The SMILES string of the molecule is CC(O)(C#Cc1cc2n(n1)CCCN2c1ccnc(NC2CCCCC2)n1)c1nccs1. The molecule has 1 fully saturated rings.